The first-order valence-electron chi connectivity index (χ1n) is 0.730. The van der Waals surface area contributed by atoms with Crippen LogP contribution in [-0.4, -0.2) is 65.4 Å². The van der Waals surface area contributed by atoms with Crippen LogP contribution in [0.15, 0.2) is 0 Å². The van der Waals surface area contributed by atoms with Gasteiger partial charge in [-0.15, -0.1) is 15.1 Å². The molecule has 0 aromatic carbocycles. The van der Waals surface area contributed by atoms with Gasteiger partial charge in [-0.2, -0.15) is 0 Å². The van der Waals surface area contributed by atoms with Gasteiger partial charge in [0.2, 0.25) is 0 Å². The van der Waals surface area contributed by atoms with E-state index < -0.39 is 5.09 Å². The molecule has 0 heterocycles. The Bertz CT molecular complexity index is 47.0. The van der Waals surface area contributed by atoms with Crippen molar-refractivity contribution in [3.05, 3.63) is 10.1 Å². The average molecular weight is 146 g/mol. The molecule has 0 aliphatic carbocycles. The zero-order chi connectivity index (χ0) is 4.28. The molecule has 5 nitrogen and oxygen atoms in total. The molecule has 0 aromatic rings. The van der Waals surface area contributed by atoms with E-state index in [0.29, 0.717) is 0 Å². The van der Waals surface area contributed by atoms with E-state index in [2.05, 4.69) is 4.99 Å². The molecule has 0 spiro atoms. The van der Waals surface area contributed by atoms with Crippen LogP contribution in [0, 0.1) is 10.1 Å². The van der Waals surface area contributed by atoms with Crippen LogP contribution in [0.2, 0.25) is 0 Å². The molecule has 0 radical (unpaired) electrons. The van der Waals surface area contributed by atoms with E-state index in [1.54, 1.807) is 0 Å². The van der Waals surface area contributed by atoms with Gasteiger partial charge >= 0.3 is 60.2 Å². The van der Waals surface area contributed by atoms with E-state index in [9.17, 15) is 0 Å². The Morgan fingerprint density at radius 1 is 1.71 bits per heavy atom. The minimum absolute atomic E-state index is 0. The van der Waals surface area contributed by atoms with E-state index in [1.165, 1.54) is 0 Å². The quantitative estimate of drug-likeness (QED) is 0.221. The molecule has 0 aromatic heterocycles. The van der Waals surface area contributed by atoms with E-state index in [0.717, 1.165) is 0 Å². The summed E-state index contributed by atoms with van der Waals surface area (Å²) in [6.45, 7) is 0. The Morgan fingerprint density at radius 3 is 1.86 bits per heavy atom. The van der Waals surface area contributed by atoms with Gasteiger partial charge in [-0.25, -0.2) is 5.26 Å². The Kier molecular flexibility index (Phi) is 22.5. The smallest absolute Gasteiger partial charge is 0.214 e. The molecule has 7 heavy (non-hydrogen) atoms. The summed E-state index contributed by atoms with van der Waals surface area (Å²) in [6.07, 6.45) is 0. The summed E-state index contributed by atoms with van der Waals surface area (Å²) in [5, 5.41) is 14.3. The molecule has 0 saturated carbocycles. The molecular weight excluding hydrogens is 145 g/mol. The van der Waals surface area contributed by atoms with Crippen LogP contribution < -0.4 is 0 Å². The zero-order valence-electron chi connectivity index (χ0n) is 3.40. The number of nitrogens with zero attached hydrogens (tertiary/aromatic N) is 1. The van der Waals surface area contributed by atoms with Crippen molar-refractivity contribution in [2.75, 3.05) is 0 Å². The molecular formula is HAlCaNO4+5. The summed E-state index contributed by atoms with van der Waals surface area (Å²) < 4.78 is 0. The van der Waals surface area contributed by atoms with Gasteiger partial charge in [0.15, 0.2) is 0 Å². The van der Waals surface area contributed by atoms with Crippen molar-refractivity contribution in [1.29, 1.82) is 0 Å². The van der Waals surface area contributed by atoms with Gasteiger partial charge in [-0.05, 0) is 0 Å². The molecule has 0 atom stereocenters. The molecule has 0 unspecified atom stereocenters. The van der Waals surface area contributed by atoms with Crippen molar-refractivity contribution in [3.63, 3.8) is 0 Å². The topological polar surface area (TPSA) is 72.6 Å². The maximum atomic E-state index is 8.70. The fourth-order valence-electron chi connectivity index (χ4n) is 0. The van der Waals surface area contributed by atoms with Gasteiger partial charge in [0.1, 0.15) is 0 Å². The Morgan fingerprint density at radius 2 is 1.86 bits per heavy atom. The zero-order valence-corrected chi connectivity index (χ0v) is 6.77. The summed E-state index contributed by atoms with van der Waals surface area (Å²) in [5.41, 5.74) is 0. The number of rotatable bonds is 1. The predicted octanol–water partition coefficient (Wildman–Crippen LogP) is -1.09. The Hall–Kier alpha value is 0.952. The van der Waals surface area contributed by atoms with Crippen LogP contribution in [-0.2, 0) is 4.99 Å². The van der Waals surface area contributed by atoms with Crippen LogP contribution in [0.25, 0.3) is 0 Å². The van der Waals surface area contributed by atoms with E-state index in [4.69, 9.17) is 15.4 Å². The molecule has 0 aliphatic rings. The van der Waals surface area contributed by atoms with Crippen LogP contribution in [0.5, 0.6) is 0 Å². The van der Waals surface area contributed by atoms with Gasteiger partial charge in [0, 0.05) is 0 Å². The summed E-state index contributed by atoms with van der Waals surface area (Å²) in [4.78, 5) is 11.2. The fourth-order valence-corrected chi connectivity index (χ4v) is 0. The van der Waals surface area contributed by atoms with Gasteiger partial charge in [0.05, 0.1) is 0 Å². The van der Waals surface area contributed by atoms with Gasteiger partial charge < -0.3 is 0 Å². The third kappa shape index (κ3) is 19.6. The molecule has 7 heteroatoms. The van der Waals surface area contributed by atoms with Crippen LogP contribution in [0.1, 0.15) is 0 Å². The molecule has 0 amide bonds. The van der Waals surface area contributed by atoms with E-state index >= 15 is 0 Å². The molecule has 0 aliphatic heterocycles. The summed E-state index contributed by atoms with van der Waals surface area (Å²) in [6, 6.07) is 0. The number of hydrogen-bond donors (Lipinski definition) is 1. The standard InChI is InChI=1S/Al.Ca.HNO4/c;;2-1(3)5-4/h;;4H/q+3;+2;. The summed E-state index contributed by atoms with van der Waals surface area (Å²) >= 11 is 0. The molecule has 0 fully saturated rings. The van der Waals surface area contributed by atoms with E-state index in [1.807, 2.05) is 0 Å². The second kappa shape index (κ2) is 10.0. The van der Waals surface area contributed by atoms with Crippen LogP contribution in [0.3, 0.4) is 0 Å². The van der Waals surface area contributed by atoms with Crippen molar-refractivity contribution in [2.45, 2.75) is 0 Å². The van der Waals surface area contributed by atoms with Crippen molar-refractivity contribution in [2.24, 2.45) is 0 Å². The monoisotopic (exact) mass is 146 g/mol. The normalized spacial score (nSPS) is 4.71. The van der Waals surface area contributed by atoms with Gasteiger partial charge in [-0.1, -0.05) is 0 Å². The first-order chi connectivity index (χ1) is 2.27. The molecule has 0 saturated heterocycles. The molecule has 0 rings (SSSR count). The molecule has 0 bridgehead atoms. The van der Waals surface area contributed by atoms with E-state index in [-0.39, 0.29) is 55.1 Å². The fraction of sp³-hybridized carbons (Fsp3) is 0. The first kappa shape index (κ1) is 15.7. The summed E-state index contributed by atoms with van der Waals surface area (Å²) in [7, 11) is 0. The van der Waals surface area contributed by atoms with Gasteiger partial charge in [-0.3, -0.25) is 0 Å². The number of hydrogen-bond acceptors (Lipinski definition) is 4. The Labute approximate surface area is 79.8 Å². The van der Waals surface area contributed by atoms with Crippen LogP contribution in [0.4, 0.5) is 0 Å². The summed E-state index contributed by atoms with van der Waals surface area (Å²) in [5.74, 6) is 0. The molecule has 1 N–H and O–H groups in total. The molecule has 30 valence electrons. The third-order valence-corrected chi connectivity index (χ3v) is 0.0667. The minimum Gasteiger partial charge on any atom is -0.214 e. The maximum Gasteiger partial charge on any atom is 3.00 e. The van der Waals surface area contributed by atoms with Crippen LogP contribution >= 0.6 is 0 Å². The average Bonchev–Trinajstić information content (AvgIpc) is 1.38. The van der Waals surface area contributed by atoms with Crippen molar-refractivity contribution < 1.29 is 15.3 Å². The van der Waals surface area contributed by atoms with Crippen molar-refractivity contribution >= 4 is 55.1 Å². The second-order valence-electron chi connectivity index (χ2n) is 0.305. The van der Waals surface area contributed by atoms with Crippen molar-refractivity contribution in [1.82, 2.24) is 0 Å². The third-order valence-electron chi connectivity index (χ3n) is 0.0667. The van der Waals surface area contributed by atoms with Crippen molar-refractivity contribution in [3.8, 4) is 0 Å². The Balaban J connectivity index is -0.0000000800. The minimum atomic E-state index is -1.32. The van der Waals surface area contributed by atoms with Gasteiger partial charge in [0.25, 0.3) is 0 Å². The largest absolute Gasteiger partial charge is 3.00 e. The maximum absolute atomic E-state index is 8.70. The second-order valence-corrected chi connectivity index (χ2v) is 0.305. The first-order valence-corrected chi connectivity index (χ1v) is 0.730. The SMILES string of the molecule is O=[N+]([O-])OO.[Al+3].[Ca+2]. The predicted molar refractivity (Wildman–Crippen MR) is 22.2 cm³/mol.